The lowest BCUT2D eigenvalue weighted by Gasteiger charge is -2.08. The highest BCUT2D eigenvalue weighted by Gasteiger charge is 2.13. The first kappa shape index (κ1) is 8.83. The van der Waals surface area contributed by atoms with E-state index in [0.29, 0.717) is 24.5 Å². The molecule has 0 fully saturated rings. The van der Waals surface area contributed by atoms with Gasteiger partial charge in [-0.1, -0.05) is 0 Å². The summed E-state index contributed by atoms with van der Waals surface area (Å²) in [6.45, 7) is 0.411. The molecule has 5 nitrogen and oxygen atoms in total. The van der Waals surface area contributed by atoms with E-state index in [1.54, 1.807) is 18.2 Å². The molecule has 0 unspecified atom stereocenters. The molecule has 5 heteroatoms. The fourth-order valence-electron chi connectivity index (χ4n) is 1.31. The van der Waals surface area contributed by atoms with E-state index in [1.807, 2.05) is 0 Å². The number of nitrogens with one attached hydrogen (secondary N) is 2. The van der Waals surface area contributed by atoms with E-state index < -0.39 is 0 Å². The molecule has 0 aliphatic carbocycles. The molecule has 0 spiro atoms. The summed E-state index contributed by atoms with van der Waals surface area (Å²) >= 11 is 0. The van der Waals surface area contributed by atoms with Gasteiger partial charge in [0.15, 0.2) is 0 Å². The van der Waals surface area contributed by atoms with E-state index in [-0.39, 0.29) is 5.91 Å². The highest BCUT2D eigenvalue weighted by molar-refractivity contribution is 5.93. The molecule has 0 radical (unpaired) electrons. The van der Waals surface area contributed by atoms with Gasteiger partial charge in [0.1, 0.15) is 5.75 Å². The van der Waals surface area contributed by atoms with Gasteiger partial charge >= 0.3 is 0 Å². The number of amides is 1. The molecule has 1 heterocycles. The Hall–Kier alpha value is -1.75. The molecule has 1 aromatic rings. The predicted octanol–water partition coefficient (Wildman–Crippen LogP) is 0.693. The molecular formula is C9H11N3O2. The summed E-state index contributed by atoms with van der Waals surface area (Å²) in [5.41, 5.74) is 3.89. The van der Waals surface area contributed by atoms with Crippen LogP contribution in [0.3, 0.4) is 0 Å². The van der Waals surface area contributed by atoms with Crippen LogP contribution in [0.1, 0.15) is 6.42 Å². The summed E-state index contributed by atoms with van der Waals surface area (Å²) < 4.78 is 5.37. The number of carbonyl (C=O) groups excluding carboxylic acids is 1. The molecule has 4 N–H and O–H groups in total. The molecule has 74 valence electrons. The van der Waals surface area contributed by atoms with Gasteiger partial charge in [0.05, 0.1) is 24.4 Å². The smallest absolute Gasteiger partial charge is 0.227 e. The van der Waals surface area contributed by atoms with Gasteiger partial charge in [-0.25, -0.2) is 0 Å². The van der Waals surface area contributed by atoms with Crippen molar-refractivity contribution in [3.63, 3.8) is 0 Å². The quantitative estimate of drug-likeness (QED) is 0.453. The summed E-state index contributed by atoms with van der Waals surface area (Å²) in [5, 5.41) is 2.74. The van der Waals surface area contributed by atoms with Crippen molar-refractivity contribution in [2.24, 2.45) is 5.84 Å². The maximum atomic E-state index is 11.2. The van der Waals surface area contributed by atoms with Crippen LogP contribution in [-0.2, 0) is 4.79 Å². The zero-order valence-electron chi connectivity index (χ0n) is 7.54. The summed E-state index contributed by atoms with van der Waals surface area (Å²) in [4.78, 5) is 11.2. The second-order valence-corrected chi connectivity index (χ2v) is 3.00. The van der Waals surface area contributed by atoms with E-state index in [1.165, 1.54) is 0 Å². The van der Waals surface area contributed by atoms with Gasteiger partial charge in [-0.2, -0.15) is 0 Å². The number of ether oxygens (including phenoxy) is 1. The minimum atomic E-state index is -0.0436. The monoisotopic (exact) mass is 193 g/mol. The van der Waals surface area contributed by atoms with Gasteiger partial charge < -0.3 is 15.5 Å². The Kier molecular flexibility index (Phi) is 2.24. The highest BCUT2D eigenvalue weighted by atomic mass is 16.5. The molecule has 1 aliphatic rings. The number of nitrogens with two attached hydrogens (primary N) is 1. The van der Waals surface area contributed by atoms with E-state index in [0.717, 1.165) is 5.69 Å². The number of hydrogen-bond acceptors (Lipinski definition) is 4. The molecule has 0 saturated heterocycles. The Bertz CT molecular complexity index is 365. The second-order valence-electron chi connectivity index (χ2n) is 3.00. The molecule has 1 aromatic carbocycles. The molecule has 0 bridgehead atoms. The topological polar surface area (TPSA) is 76.4 Å². The molecule has 1 amide bonds. The summed E-state index contributed by atoms with van der Waals surface area (Å²) in [6.07, 6.45) is 0.375. The van der Waals surface area contributed by atoms with Crippen LogP contribution in [0.5, 0.6) is 5.75 Å². The molecule has 2 rings (SSSR count). The standard InChI is InChI=1S/C9H11N3O2/c10-12-6-1-2-8-7(5-6)11-9(13)3-4-14-8/h1-2,5,12H,3-4,10H2,(H,11,13). The number of carbonyl (C=O) groups is 1. The van der Waals surface area contributed by atoms with E-state index >= 15 is 0 Å². The van der Waals surface area contributed by atoms with Crippen LogP contribution < -0.4 is 21.3 Å². The number of fused-ring (bicyclic) bond motifs is 1. The van der Waals surface area contributed by atoms with Gasteiger partial charge in [-0.05, 0) is 18.2 Å². The minimum absolute atomic E-state index is 0.0436. The normalized spacial score (nSPS) is 14.8. The van der Waals surface area contributed by atoms with Crippen molar-refractivity contribution in [1.82, 2.24) is 0 Å². The average Bonchev–Trinajstić information content (AvgIpc) is 2.37. The Morgan fingerprint density at radius 1 is 1.50 bits per heavy atom. The summed E-state index contributed by atoms with van der Waals surface area (Å²) in [6, 6.07) is 5.30. The van der Waals surface area contributed by atoms with Gasteiger partial charge in [0, 0.05) is 0 Å². The van der Waals surface area contributed by atoms with Gasteiger partial charge in [-0.15, -0.1) is 0 Å². The van der Waals surface area contributed by atoms with Gasteiger partial charge in [-0.3, -0.25) is 10.6 Å². The molecule has 0 saturated carbocycles. The van der Waals surface area contributed by atoms with Crippen LogP contribution in [0.15, 0.2) is 18.2 Å². The number of hydrogen-bond donors (Lipinski definition) is 3. The highest BCUT2D eigenvalue weighted by Crippen LogP contribution is 2.29. The zero-order valence-corrected chi connectivity index (χ0v) is 7.54. The molecule has 14 heavy (non-hydrogen) atoms. The number of benzene rings is 1. The van der Waals surface area contributed by atoms with Crippen molar-refractivity contribution in [2.45, 2.75) is 6.42 Å². The maximum Gasteiger partial charge on any atom is 0.227 e. The van der Waals surface area contributed by atoms with Crippen LogP contribution in [0.2, 0.25) is 0 Å². The lowest BCUT2D eigenvalue weighted by molar-refractivity contribution is -0.116. The minimum Gasteiger partial charge on any atom is -0.491 e. The van der Waals surface area contributed by atoms with E-state index in [2.05, 4.69) is 10.7 Å². The number of nitrogen functional groups attached to an aromatic ring is 1. The second kappa shape index (κ2) is 3.55. The first-order valence-electron chi connectivity index (χ1n) is 4.33. The van der Waals surface area contributed by atoms with Crippen molar-refractivity contribution in [3.8, 4) is 5.75 Å². The first-order valence-corrected chi connectivity index (χ1v) is 4.33. The number of hydrazine groups is 1. The number of anilines is 2. The SMILES string of the molecule is NNc1ccc2c(c1)NC(=O)CCO2. The molecule has 0 aromatic heterocycles. The van der Waals surface area contributed by atoms with Crippen LogP contribution in [0.4, 0.5) is 11.4 Å². The van der Waals surface area contributed by atoms with E-state index in [4.69, 9.17) is 10.6 Å². The average molecular weight is 193 g/mol. The Labute approximate surface area is 81.2 Å². The van der Waals surface area contributed by atoms with Crippen molar-refractivity contribution >= 4 is 17.3 Å². The lowest BCUT2D eigenvalue weighted by Crippen LogP contribution is -2.11. The van der Waals surface area contributed by atoms with Crippen LogP contribution in [-0.4, -0.2) is 12.5 Å². The Morgan fingerprint density at radius 2 is 2.36 bits per heavy atom. The third-order valence-corrected chi connectivity index (χ3v) is 2.01. The summed E-state index contributed by atoms with van der Waals surface area (Å²) in [7, 11) is 0. The zero-order chi connectivity index (χ0) is 9.97. The van der Waals surface area contributed by atoms with Crippen LogP contribution >= 0.6 is 0 Å². The predicted molar refractivity (Wildman–Crippen MR) is 53.0 cm³/mol. The Balaban J connectivity index is 2.36. The lowest BCUT2D eigenvalue weighted by atomic mass is 10.2. The van der Waals surface area contributed by atoms with Crippen LogP contribution in [0.25, 0.3) is 0 Å². The largest absolute Gasteiger partial charge is 0.491 e. The first-order chi connectivity index (χ1) is 6.79. The third kappa shape index (κ3) is 1.62. The Morgan fingerprint density at radius 3 is 3.14 bits per heavy atom. The maximum absolute atomic E-state index is 11.2. The fourth-order valence-corrected chi connectivity index (χ4v) is 1.31. The van der Waals surface area contributed by atoms with Gasteiger partial charge in [0.25, 0.3) is 0 Å². The van der Waals surface area contributed by atoms with Crippen molar-refractivity contribution in [2.75, 3.05) is 17.3 Å². The molecule has 1 aliphatic heterocycles. The molecular weight excluding hydrogens is 182 g/mol. The summed E-state index contributed by atoms with van der Waals surface area (Å²) in [5.74, 6) is 5.89. The van der Waals surface area contributed by atoms with Crippen molar-refractivity contribution < 1.29 is 9.53 Å². The molecule has 0 atom stereocenters. The van der Waals surface area contributed by atoms with E-state index in [9.17, 15) is 4.79 Å². The van der Waals surface area contributed by atoms with Gasteiger partial charge in [0.2, 0.25) is 5.91 Å². The number of rotatable bonds is 1. The third-order valence-electron chi connectivity index (χ3n) is 2.01. The van der Waals surface area contributed by atoms with Crippen molar-refractivity contribution in [1.29, 1.82) is 0 Å². The van der Waals surface area contributed by atoms with Crippen molar-refractivity contribution in [3.05, 3.63) is 18.2 Å². The van der Waals surface area contributed by atoms with Crippen LogP contribution in [0, 0.1) is 0 Å². The fraction of sp³-hybridized carbons (Fsp3) is 0.222.